The predicted molar refractivity (Wildman–Crippen MR) is 88.9 cm³/mol. The molecule has 5 nitrogen and oxygen atoms in total. The quantitative estimate of drug-likeness (QED) is 0.870. The van der Waals surface area contributed by atoms with Crippen LogP contribution in [0.15, 0.2) is 58.4 Å². The molecule has 0 bridgehead atoms. The predicted octanol–water partition coefficient (Wildman–Crippen LogP) is 3.47. The number of benzene rings is 1. The number of rotatable bonds is 3. The van der Waals surface area contributed by atoms with Crippen LogP contribution in [0.4, 0.5) is 10.2 Å². The van der Waals surface area contributed by atoms with Crippen LogP contribution >= 0.6 is 15.9 Å². The molecule has 0 aliphatic carbocycles. The maximum Gasteiger partial charge on any atom is 0.295 e. The Morgan fingerprint density at radius 3 is 2.58 bits per heavy atom. The summed E-state index contributed by atoms with van der Waals surface area (Å²) in [5, 5.41) is 10.1. The van der Waals surface area contributed by atoms with E-state index in [9.17, 15) is 19.1 Å². The van der Waals surface area contributed by atoms with E-state index < -0.39 is 29.3 Å². The number of carbonyl (C=O) groups is 2. The Hall–Kier alpha value is -2.54. The number of anilines is 1. The lowest BCUT2D eigenvalue weighted by Gasteiger charge is -2.25. The van der Waals surface area contributed by atoms with E-state index in [4.69, 9.17) is 0 Å². The number of pyridine rings is 1. The minimum atomic E-state index is -1.06. The maximum absolute atomic E-state index is 14.3. The number of nitrogens with zero attached hydrogens (tertiary/aromatic N) is 2. The first-order valence-corrected chi connectivity index (χ1v) is 7.84. The van der Waals surface area contributed by atoms with Crippen molar-refractivity contribution in [1.29, 1.82) is 0 Å². The fourth-order valence-corrected chi connectivity index (χ4v) is 2.94. The highest BCUT2D eigenvalue weighted by Crippen LogP contribution is 2.41. The Morgan fingerprint density at radius 2 is 2.00 bits per heavy atom. The third kappa shape index (κ3) is 2.60. The molecule has 2 aromatic rings. The molecule has 7 heteroatoms. The minimum Gasteiger partial charge on any atom is -0.503 e. The number of carbonyl (C=O) groups excluding carboxylic acids is 2. The molecule has 0 saturated carbocycles. The molecule has 0 radical (unpaired) electrons. The van der Waals surface area contributed by atoms with Crippen LogP contribution in [-0.2, 0) is 9.59 Å². The highest BCUT2D eigenvalue weighted by atomic mass is 79.9. The Balaban J connectivity index is 2.21. The van der Waals surface area contributed by atoms with Crippen molar-refractivity contribution in [2.75, 3.05) is 4.90 Å². The van der Waals surface area contributed by atoms with Crippen LogP contribution in [0.25, 0.3) is 0 Å². The van der Waals surface area contributed by atoms with Crippen LogP contribution < -0.4 is 4.90 Å². The van der Waals surface area contributed by atoms with Crippen molar-refractivity contribution < 1.29 is 19.1 Å². The van der Waals surface area contributed by atoms with Gasteiger partial charge in [-0.15, -0.1) is 0 Å². The molecule has 0 unspecified atom stereocenters. The number of amides is 1. The molecule has 122 valence electrons. The zero-order valence-electron chi connectivity index (χ0n) is 12.5. The molecular formula is C17H12BrFN2O3. The molecule has 0 fully saturated rings. The molecule has 1 atom stereocenters. The Labute approximate surface area is 145 Å². The van der Waals surface area contributed by atoms with E-state index in [0.717, 1.165) is 4.90 Å². The van der Waals surface area contributed by atoms with Crippen molar-refractivity contribution in [2.45, 2.75) is 13.0 Å². The molecule has 1 aliphatic rings. The molecule has 1 aliphatic heterocycles. The zero-order chi connectivity index (χ0) is 17.4. The monoisotopic (exact) mass is 390 g/mol. The van der Waals surface area contributed by atoms with Crippen LogP contribution in [0, 0.1) is 5.82 Å². The smallest absolute Gasteiger partial charge is 0.295 e. The second-order valence-electron chi connectivity index (χ2n) is 5.25. The first-order chi connectivity index (χ1) is 11.4. The van der Waals surface area contributed by atoms with Crippen molar-refractivity contribution >= 4 is 33.4 Å². The lowest BCUT2D eigenvalue weighted by atomic mass is 9.96. The molecule has 1 aromatic heterocycles. The number of ketones is 1. The van der Waals surface area contributed by atoms with E-state index >= 15 is 0 Å². The molecule has 1 aromatic carbocycles. The van der Waals surface area contributed by atoms with Crippen LogP contribution in [0.1, 0.15) is 18.5 Å². The van der Waals surface area contributed by atoms with Crippen molar-refractivity contribution in [3.05, 3.63) is 69.8 Å². The van der Waals surface area contributed by atoms with E-state index in [2.05, 4.69) is 20.9 Å². The number of aliphatic hydroxyl groups is 1. The molecule has 1 N–H and O–H groups in total. The summed E-state index contributed by atoms with van der Waals surface area (Å²) in [6, 6.07) is 7.96. The highest BCUT2D eigenvalue weighted by Gasteiger charge is 2.44. The first-order valence-electron chi connectivity index (χ1n) is 7.05. The molecule has 3 rings (SSSR count). The van der Waals surface area contributed by atoms with E-state index in [0.29, 0.717) is 4.47 Å². The average Bonchev–Trinajstić information content (AvgIpc) is 2.81. The van der Waals surface area contributed by atoms with Gasteiger partial charge in [0.05, 0.1) is 11.6 Å². The van der Waals surface area contributed by atoms with Crippen molar-refractivity contribution in [1.82, 2.24) is 4.98 Å². The summed E-state index contributed by atoms with van der Waals surface area (Å²) in [7, 11) is 0. The van der Waals surface area contributed by atoms with Crippen molar-refractivity contribution in [3.8, 4) is 0 Å². The summed E-state index contributed by atoms with van der Waals surface area (Å²) >= 11 is 3.25. The minimum absolute atomic E-state index is 0.116. The number of aliphatic hydroxyl groups excluding tert-OH is 1. The van der Waals surface area contributed by atoms with Gasteiger partial charge in [0.15, 0.2) is 11.5 Å². The fourth-order valence-electron chi connectivity index (χ4n) is 2.70. The molecule has 0 saturated heterocycles. The van der Waals surface area contributed by atoms with Crippen molar-refractivity contribution in [2.24, 2.45) is 0 Å². The van der Waals surface area contributed by atoms with Gasteiger partial charge in [0.25, 0.3) is 5.91 Å². The number of aromatic nitrogens is 1. The third-order valence-electron chi connectivity index (χ3n) is 3.75. The maximum atomic E-state index is 14.3. The van der Waals surface area contributed by atoms with Crippen LogP contribution in [0.3, 0.4) is 0 Å². The van der Waals surface area contributed by atoms with Gasteiger partial charge in [0.1, 0.15) is 11.6 Å². The molecule has 2 heterocycles. The van der Waals surface area contributed by atoms with Crippen LogP contribution in [-0.4, -0.2) is 21.8 Å². The molecular weight excluding hydrogens is 379 g/mol. The van der Waals surface area contributed by atoms with Gasteiger partial charge >= 0.3 is 0 Å². The molecule has 1 amide bonds. The van der Waals surface area contributed by atoms with Gasteiger partial charge in [0, 0.05) is 16.2 Å². The normalized spacial score (nSPS) is 17.5. The Bertz CT molecular complexity index is 864. The lowest BCUT2D eigenvalue weighted by Crippen LogP contribution is -2.32. The topological polar surface area (TPSA) is 70.5 Å². The van der Waals surface area contributed by atoms with Gasteiger partial charge in [-0.1, -0.05) is 18.2 Å². The molecule has 0 spiro atoms. The average molecular weight is 391 g/mol. The van der Waals surface area contributed by atoms with Gasteiger partial charge in [-0.3, -0.25) is 14.5 Å². The summed E-state index contributed by atoms with van der Waals surface area (Å²) in [5.74, 6) is -2.34. The summed E-state index contributed by atoms with van der Waals surface area (Å²) < 4.78 is 15.0. The Kier molecular flexibility index (Phi) is 4.19. The van der Waals surface area contributed by atoms with E-state index in [1.54, 1.807) is 18.2 Å². The zero-order valence-corrected chi connectivity index (χ0v) is 14.1. The van der Waals surface area contributed by atoms with E-state index in [-0.39, 0.29) is 17.0 Å². The van der Waals surface area contributed by atoms with E-state index in [1.165, 1.54) is 31.3 Å². The summed E-state index contributed by atoms with van der Waals surface area (Å²) in [5.41, 5.74) is -0.0281. The fraction of sp³-hybridized carbons (Fsp3) is 0.118. The largest absolute Gasteiger partial charge is 0.503 e. The van der Waals surface area contributed by atoms with Gasteiger partial charge in [0.2, 0.25) is 0 Å². The van der Waals surface area contributed by atoms with Crippen molar-refractivity contribution in [3.63, 3.8) is 0 Å². The number of halogens is 2. The summed E-state index contributed by atoms with van der Waals surface area (Å²) in [4.78, 5) is 29.7. The lowest BCUT2D eigenvalue weighted by molar-refractivity contribution is -0.117. The number of hydrogen-bond acceptors (Lipinski definition) is 4. The van der Waals surface area contributed by atoms with Gasteiger partial charge in [-0.2, -0.15) is 0 Å². The third-order valence-corrected chi connectivity index (χ3v) is 4.21. The second kappa shape index (κ2) is 6.16. The SMILES string of the molecule is CC(=O)C1=C(O)C(=O)N(c2ccc(Br)cn2)[C@@H]1c1ccccc1F. The van der Waals surface area contributed by atoms with Crippen LogP contribution in [0.2, 0.25) is 0 Å². The van der Waals surface area contributed by atoms with E-state index in [1.807, 2.05) is 0 Å². The first kappa shape index (κ1) is 16.3. The summed E-state index contributed by atoms with van der Waals surface area (Å²) in [6.45, 7) is 1.23. The summed E-state index contributed by atoms with van der Waals surface area (Å²) in [6.07, 6.45) is 1.48. The highest BCUT2D eigenvalue weighted by molar-refractivity contribution is 9.10. The van der Waals surface area contributed by atoms with Crippen LogP contribution in [0.5, 0.6) is 0 Å². The van der Waals surface area contributed by atoms with Gasteiger partial charge < -0.3 is 5.11 Å². The number of hydrogen-bond donors (Lipinski definition) is 1. The number of Topliss-reactive ketones (excluding diaryl/α,β-unsaturated/α-hetero) is 1. The molecule has 24 heavy (non-hydrogen) atoms. The second-order valence-corrected chi connectivity index (χ2v) is 6.17. The van der Waals surface area contributed by atoms with Gasteiger partial charge in [-0.25, -0.2) is 9.37 Å². The Morgan fingerprint density at radius 1 is 1.29 bits per heavy atom. The van der Waals surface area contributed by atoms with Gasteiger partial charge in [-0.05, 0) is 41.1 Å². The standard InChI is InChI=1S/C17H12BrFN2O3/c1-9(22)14-15(11-4-2-3-5-12(11)19)21(17(24)16(14)23)13-7-6-10(18)8-20-13/h2-8,15,23H,1H3/t15-/m1/s1.